The molecule has 1 aromatic heterocycles. The normalized spacial score (nSPS) is 11.7. The van der Waals surface area contributed by atoms with Crippen molar-refractivity contribution in [2.75, 3.05) is 0 Å². The summed E-state index contributed by atoms with van der Waals surface area (Å²) in [6.07, 6.45) is 0. The molecule has 3 rings (SSSR count). The Morgan fingerprint density at radius 2 is 1.71 bits per heavy atom. The fourth-order valence-electron chi connectivity index (χ4n) is 2.66. The van der Waals surface area contributed by atoms with Crippen molar-refractivity contribution in [1.29, 1.82) is 0 Å². The van der Waals surface area contributed by atoms with Gasteiger partial charge >= 0.3 is 0 Å². The highest BCUT2D eigenvalue weighted by molar-refractivity contribution is 9.10. The second-order valence-electron chi connectivity index (χ2n) is 6.83. The van der Waals surface area contributed by atoms with Gasteiger partial charge in [0.2, 0.25) is 0 Å². The molecule has 0 bridgehead atoms. The monoisotopic (exact) mass is 382 g/mol. The number of aromatic carboxylic acids is 1. The molecule has 1 heterocycles. The smallest absolute Gasteiger partial charge is 0.0722 e. The van der Waals surface area contributed by atoms with E-state index in [0.29, 0.717) is 16.6 Å². The van der Waals surface area contributed by atoms with Crippen molar-refractivity contribution in [3.05, 3.63) is 64.1 Å². The van der Waals surface area contributed by atoms with E-state index in [2.05, 4.69) is 53.8 Å². The highest BCUT2D eigenvalue weighted by Crippen LogP contribution is 2.29. The first-order chi connectivity index (χ1) is 11.3. The van der Waals surface area contributed by atoms with Crippen molar-refractivity contribution in [1.82, 2.24) is 4.98 Å². The Morgan fingerprint density at radius 3 is 2.29 bits per heavy atom. The summed E-state index contributed by atoms with van der Waals surface area (Å²) in [5.41, 5.74) is 3.58. The number of hydrogen-bond acceptors (Lipinski definition) is 3. The van der Waals surface area contributed by atoms with Crippen LogP contribution in [0.25, 0.3) is 22.2 Å². The number of carbonyl (C=O) groups is 1. The lowest BCUT2D eigenvalue weighted by Gasteiger charge is -2.19. The van der Waals surface area contributed by atoms with E-state index in [1.807, 2.05) is 18.2 Å². The third-order valence-corrected chi connectivity index (χ3v) is 4.53. The SMILES string of the molecule is CC(C)(C)c1ccc(-c2cc(C(=O)[O-])c3cc(Br)ccc3n2)cc1. The quantitative estimate of drug-likeness (QED) is 0.662. The predicted molar refractivity (Wildman–Crippen MR) is 97.9 cm³/mol. The van der Waals surface area contributed by atoms with Gasteiger partial charge in [0.25, 0.3) is 0 Å². The predicted octanol–water partition coefficient (Wildman–Crippen LogP) is 4.33. The molecule has 0 radical (unpaired) electrons. The first-order valence-electron chi connectivity index (χ1n) is 7.68. The second-order valence-corrected chi connectivity index (χ2v) is 7.75. The fraction of sp³-hybridized carbons (Fsp3) is 0.200. The molecular formula is C20H17BrNO2-. The summed E-state index contributed by atoms with van der Waals surface area (Å²) in [7, 11) is 0. The van der Waals surface area contributed by atoms with Crippen molar-refractivity contribution in [2.45, 2.75) is 26.2 Å². The molecule has 0 saturated carbocycles. The average Bonchev–Trinajstić information content (AvgIpc) is 2.53. The number of carboxylic acid groups (broad SMARTS) is 1. The number of pyridine rings is 1. The number of benzene rings is 2. The van der Waals surface area contributed by atoms with E-state index in [1.165, 1.54) is 5.56 Å². The minimum absolute atomic E-state index is 0.0672. The first kappa shape index (κ1) is 16.7. The van der Waals surface area contributed by atoms with E-state index in [9.17, 15) is 9.90 Å². The van der Waals surface area contributed by atoms with Gasteiger partial charge in [-0.05, 0) is 35.2 Å². The highest BCUT2D eigenvalue weighted by atomic mass is 79.9. The van der Waals surface area contributed by atoms with Crippen LogP contribution in [0.3, 0.4) is 0 Å². The van der Waals surface area contributed by atoms with Crippen molar-refractivity contribution < 1.29 is 9.90 Å². The largest absolute Gasteiger partial charge is 0.545 e. The van der Waals surface area contributed by atoms with Crippen LogP contribution in [0.5, 0.6) is 0 Å². The van der Waals surface area contributed by atoms with Crippen LogP contribution in [0.1, 0.15) is 36.7 Å². The summed E-state index contributed by atoms with van der Waals surface area (Å²) in [5, 5.41) is 12.1. The summed E-state index contributed by atoms with van der Waals surface area (Å²) in [6, 6.07) is 15.1. The van der Waals surface area contributed by atoms with Crippen molar-refractivity contribution >= 4 is 32.8 Å². The molecule has 3 aromatic rings. The van der Waals surface area contributed by atoms with E-state index in [1.54, 1.807) is 18.2 Å². The Kier molecular flexibility index (Phi) is 4.18. The zero-order chi connectivity index (χ0) is 17.5. The van der Waals surface area contributed by atoms with Gasteiger partial charge in [0.05, 0.1) is 17.2 Å². The molecule has 0 fully saturated rings. The fourth-order valence-corrected chi connectivity index (χ4v) is 3.02. The molecule has 0 saturated heterocycles. The Labute approximate surface area is 149 Å². The summed E-state index contributed by atoms with van der Waals surface area (Å²) >= 11 is 3.36. The van der Waals surface area contributed by atoms with Crippen LogP contribution in [0.15, 0.2) is 53.0 Å². The molecule has 0 aliphatic heterocycles. The molecule has 122 valence electrons. The lowest BCUT2D eigenvalue weighted by Crippen LogP contribution is -2.22. The highest BCUT2D eigenvalue weighted by Gasteiger charge is 2.14. The minimum atomic E-state index is -1.20. The van der Waals surface area contributed by atoms with E-state index in [0.717, 1.165) is 10.0 Å². The maximum absolute atomic E-state index is 11.5. The number of carbonyl (C=O) groups excluding carboxylic acids is 1. The zero-order valence-corrected chi connectivity index (χ0v) is 15.3. The van der Waals surface area contributed by atoms with Crippen molar-refractivity contribution in [2.24, 2.45) is 0 Å². The molecule has 4 heteroatoms. The van der Waals surface area contributed by atoms with Crippen LogP contribution in [0, 0.1) is 0 Å². The van der Waals surface area contributed by atoms with Gasteiger partial charge in [-0.25, -0.2) is 4.98 Å². The minimum Gasteiger partial charge on any atom is -0.545 e. The zero-order valence-electron chi connectivity index (χ0n) is 13.8. The lowest BCUT2D eigenvalue weighted by molar-refractivity contribution is -0.254. The summed E-state index contributed by atoms with van der Waals surface area (Å²) < 4.78 is 0.807. The number of rotatable bonds is 2. The van der Waals surface area contributed by atoms with Gasteiger partial charge in [-0.3, -0.25) is 0 Å². The van der Waals surface area contributed by atoms with Crippen LogP contribution in [-0.2, 0) is 5.41 Å². The van der Waals surface area contributed by atoms with E-state index in [-0.39, 0.29) is 11.0 Å². The van der Waals surface area contributed by atoms with Gasteiger partial charge in [0.1, 0.15) is 0 Å². The maximum atomic E-state index is 11.5. The van der Waals surface area contributed by atoms with E-state index < -0.39 is 5.97 Å². The lowest BCUT2D eigenvalue weighted by atomic mass is 9.86. The second kappa shape index (κ2) is 6.02. The molecule has 0 atom stereocenters. The number of carboxylic acids is 1. The number of aromatic nitrogens is 1. The van der Waals surface area contributed by atoms with Crippen LogP contribution in [0.2, 0.25) is 0 Å². The van der Waals surface area contributed by atoms with Crippen LogP contribution >= 0.6 is 15.9 Å². The van der Waals surface area contributed by atoms with Crippen LogP contribution in [-0.4, -0.2) is 11.0 Å². The molecule has 0 amide bonds. The average molecular weight is 383 g/mol. The standard InChI is InChI=1S/C20H18BrNO2/c1-20(2,3)13-6-4-12(5-7-13)18-11-16(19(23)24)15-10-14(21)8-9-17(15)22-18/h4-11H,1-3H3,(H,23,24)/p-1. The molecule has 0 aliphatic rings. The Bertz CT molecular complexity index is 925. The molecule has 0 spiro atoms. The van der Waals surface area contributed by atoms with Crippen molar-refractivity contribution in [3.63, 3.8) is 0 Å². The Balaban J connectivity index is 2.16. The van der Waals surface area contributed by atoms with Gasteiger partial charge < -0.3 is 9.90 Å². The third-order valence-electron chi connectivity index (χ3n) is 4.04. The van der Waals surface area contributed by atoms with Gasteiger partial charge in [0.15, 0.2) is 0 Å². The van der Waals surface area contributed by atoms with E-state index in [4.69, 9.17) is 0 Å². The maximum Gasteiger partial charge on any atom is 0.0722 e. The van der Waals surface area contributed by atoms with Gasteiger partial charge in [-0.1, -0.05) is 61.0 Å². The molecule has 0 aliphatic carbocycles. The molecule has 24 heavy (non-hydrogen) atoms. The first-order valence-corrected chi connectivity index (χ1v) is 8.47. The number of nitrogens with zero attached hydrogens (tertiary/aromatic N) is 1. The van der Waals surface area contributed by atoms with Gasteiger partial charge in [-0.2, -0.15) is 0 Å². The number of hydrogen-bond donors (Lipinski definition) is 0. The Hall–Kier alpha value is -2.20. The molecular weight excluding hydrogens is 366 g/mol. The van der Waals surface area contributed by atoms with Crippen molar-refractivity contribution in [3.8, 4) is 11.3 Å². The van der Waals surface area contributed by atoms with Gasteiger partial charge in [0, 0.05) is 21.0 Å². The molecule has 2 aromatic carbocycles. The summed E-state index contributed by atoms with van der Waals surface area (Å²) in [5.74, 6) is -1.20. The molecule has 0 N–H and O–H groups in total. The Morgan fingerprint density at radius 1 is 1.04 bits per heavy atom. The van der Waals surface area contributed by atoms with E-state index >= 15 is 0 Å². The summed E-state index contributed by atoms with van der Waals surface area (Å²) in [6.45, 7) is 6.47. The number of fused-ring (bicyclic) bond motifs is 1. The van der Waals surface area contributed by atoms with Gasteiger partial charge in [-0.15, -0.1) is 0 Å². The van der Waals surface area contributed by atoms with Crippen LogP contribution in [0.4, 0.5) is 0 Å². The van der Waals surface area contributed by atoms with Crippen LogP contribution < -0.4 is 5.11 Å². The number of halogens is 1. The molecule has 0 unspecified atom stereocenters. The molecule has 3 nitrogen and oxygen atoms in total. The topological polar surface area (TPSA) is 53.0 Å². The third kappa shape index (κ3) is 3.20. The summed E-state index contributed by atoms with van der Waals surface area (Å²) in [4.78, 5) is 16.2.